The fourth-order valence-electron chi connectivity index (χ4n) is 0.500. The predicted octanol–water partition coefficient (Wildman–Crippen LogP) is -6.78. The molecule has 0 saturated carbocycles. The Morgan fingerprint density at radius 2 is 0.900 bits per heavy atom. The number of hydrogen-bond donors (Lipinski definition) is 0. The van der Waals surface area contributed by atoms with Crippen molar-refractivity contribution in [3.05, 3.63) is 0 Å². The summed E-state index contributed by atoms with van der Waals surface area (Å²) in [7, 11) is 0. The van der Waals surface area contributed by atoms with Gasteiger partial charge in [-0.3, -0.25) is 0 Å². The summed E-state index contributed by atoms with van der Waals surface area (Å²) >= 11 is 0. The molecule has 0 bridgehead atoms. The number of halogens is 3. The van der Waals surface area contributed by atoms with Gasteiger partial charge in [-0.2, -0.15) is 0 Å². The average Bonchev–Trinajstić information content (AvgIpc) is 1.61. The molecule has 0 aromatic heterocycles. The Morgan fingerprint density at radius 3 is 1.00 bits per heavy atom. The Hall–Kier alpha value is 1.50. The van der Waals surface area contributed by atoms with Crippen LogP contribution in [0.1, 0.15) is 39.5 Å². The third kappa shape index (κ3) is 33.9. The van der Waals surface area contributed by atoms with Crippen molar-refractivity contribution < 1.29 is 50.9 Å². The van der Waals surface area contributed by atoms with Gasteiger partial charge in [0.1, 0.15) is 0 Å². The van der Waals surface area contributed by atoms with Gasteiger partial charge in [0.2, 0.25) is 0 Å². The van der Waals surface area contributed by atoms with Crippen LogP contribution in [0.4, 0.5) is 0 Å². The molecule has 0 aromatic carbocycles. The molecule has 0 amide bonds. The largest absolute Gasteiger partial charge is 3.00 e. The van der Waals surface area contributed by atoms with Gasteiger partial charge in [0.25, 0.3) is 0 Å². The molecular weight excluding hydrogens is 323 g/mol. The molecular formula is C6H14BBr3. The van der Waals surface area contributed by atoms with Crippen LogP contribution in [0.3, 0.4) is 0 Å². The van der Waals surface area contributed by atoms with E-state index in [4.69, 9.17) is 0 Å². The maximum atomic E-state index is 2.23. The molecule has 62 valence electrons. The molecule has 4 heteroatoms. The second-order valence-electron chi connectivity index (χ2n) is 1.71. The molecule has 0 aliphatic carbocycles. The van der Waals surface area contributed by atoms with Crippen molar-refractivity contribution in [1.29, 1.82) is 0 Å². The normalized spacial score (nSPS) is 5.40. The van der Waals surface area contributed by atoms with Crippen LogP contribution in [-0.4, -0.2) is 8.41 Å². The molecule has 0 N–H and O–H groups in total. The minimum atomic E-state index is 0. The summed E-state index contributed by atoms with van der Waals surface area (Å²) in [6.07, 6.45) is 5.54. The van der Waals surface area contributed by atoms with E-state index in [1.807, 2.05) is 0 Å². The molecule has 0 aromatic rings. The number of hydrogen-bond acceptors (Lipinski definition) is 0. The van der Waals surface area contributed by atoms with Gasteiger partial charge < -0.3 is 50.9 Å². The summed E-state index contributed by atoms with van der Waals surface area (Å²) in [5, 5.41) is 0. The summed E-state index contributed by atoms with van der Waals surface area (Å²) in [6, 6.07) is 0. The van der Waals surface area contributed by atoms with E-state index < -0.39 is 0 Å². The molecule has 0 rings (SSSR count). The van der Waals surface area contributed by atoms with Crippen LogP contribution < -0.4 is 50.9 Å². The fourth-order valence-corrected chi connectivity index (χ4v) is 0.500. The van der Waals surface area contributed by atoms with Gasteiger partial charge in [0.15, 0.2) is 0 Å². The van der Waals surface area contributed by atoms with Crippen molar-refractivity contribution in [2.75, 3.05) is 0 Å². The quantitative estimate of drug-likeness (QED) is 0.355. The minimum absolute atomic E-state index is 0. The monoisotopic (exact) mass is 334 g/mol. The topological polar surface area (TPSA) is 0 Å². The van der Waals surface area contributed by atoms with Crippen LogP contribution >= 0.6 is 0 Å². The molecule has 0 radical (unpaired) electrons. The standard InChI is InChI=1S/C6H14.B.3BrH/c1-3-5-6-4-2;;;;/h3-6H2,1-2H3;;3*1H/q;+3;;;/p-3. The second kappa shape index (κ2) is 31.3. The zero-order valence-corrected chi connectivity index (χ0v) is 11.3. The minimum Gasteiger partial charge on any atom is -1.00 e. The zero-order chi connectivity index (χ0) is 4.83. The van der Waals surface area contributed by atoms with Crippen molar-refractivity contribution in [2.24, 2.45) is 0 Å². The SMILES string of the molecule is CCCCCC.[B+3].[Br-].[Br-].[Br-]. The summed E-state index contributed by atoms with van der Waals surface area (Å²) in [5.74, 6) is 0. The van der Waals surface area contributed by atoms with Crippen molar-refractivity contribution >= 4 is 8.41 Å². The van der Waals surface area contributed by atoms with E-state index in [1.165, 1.54) is 25.7 Å². The van der Waals surface area contributed by atoms with Gasteiger partial charge in [-0.1, -0.05) is 39.5 Å². The molecule has 0 aliphatic rings. The van der Waals surface area contributed by atoms with E-state index in [-0.39, 0.29) is 59.4 Å². The summed E-state index contributed by atoms with van der Waals surface area (Å²) in [6.45, 7) is 4.46. The smallest absolute Gasteiger partial charge is 1.00 e. The molecule has 0 spiro atoms. The van der Waals surface area contributed by atoms with E-state index in [9.17, 15) is 0 Å². The average molecular weight is 337 g/mol. The first-order valence-corrected chi connectivity index (χ1v) is 2.91. The summed E-state index contributed by atoms with van der Waals surface area (Å²) < 4.78 is 0. The van der Waals surface area contributed by atoms with Crippen molar-refractivity contribution in [2.45, 2.75) is 39.5 Å². The van der Waals surface area contributed by atoms with Gasteiger partial charge in [-0.25, -0.2) is 0 Å². The Labute approximate surface area is 98.4 Å². The molecule has 0 aliphatic heterocycles. The molecule has 10 heavy (non-hydrogen) atoms. The van der Waals surface area contributed by atoms with Gasteiger partial charge in [0.05, 0.1) is 0 Å². The zero-order valence-electron chi connectivity index (χ0n) is 6.54. The van der Waals surface area contributed by atoms with E-state index >= 15 is 0 Å². The summed E-state index contributed by atoms with van der Waals surface area (Å²) in [5.41, 5.74) is 0. The Bertz CT molecular complexity index is 25.0. The van der Waals surface area contributed by atoms with E-state index in [1.54, 1.807) is 0 Å². The van der Waals surface area contributed by atoms with Crippen LogP contribution in [0.2, 0.25) is 0 Å². The third-order valence-electron chi connectivity index (χ3n) is 0.957. The second-order valence-corrected chi connectivity index (χ2v) is 1.71. The molecule has 0 heterocycles. The van der Waals surface area contributed by atoms with Crippen molar-refractivity contribution in [3.8, 4) is 0 Å². The van der Waals surface area contributed by atoms with Crippen molar-refractivity contribution in [1.82, 2.24) is 0 Å². The van der Waals surface area contributed by atoms with E-state index in [0.717, 1.165) is 0 Å². The Balaban J connectivity index is -0.0000000208. The molecule has 0 fully saturated rings. The van der Waals surface area contributed by atoms with Gasteiger partial charge in [0, 0.05) is 0 Å². The van der Waals surface area contributed by atoms with Crippen LogP contribution in [0, 0.1) is 0 Å². The number of rotatable bonds is 3. The maximum absolute atomic E-state index is 2.23. The third-order valence-corrected chi connectivity index (χ3v) is 0.957. The maximum Gasteiger partial charge on any atom is 3.00 e. The first-order valence-electron chi connectivity index (χ1n) is 2.91. The van der Waals surface area contributed by atoms with Crippen LogP contribution in [0.25, 0.3) is 0 Å². The van der Waals surface area contributed by atoms with Gasteiger partial charge >= 0.3 is 8.41 Å². The van der Waals surface area contributed by atoms with Gasteiger partial charge in [-0.05, 0) is 0 Å². The van der Waals surface area contributed by atoms with Crippen LogP contribution in [0.15, 0.2) is 0 Å². The molecule has 0 unspecified atom stereocenters. The van der Waals surface area contributed by atoms with E-state index in [0.29, 0.717) is 0 Å². The Morgan fingerprint density at radius 1 is 0.700 bits per heavy atom. The van der Waals surface area contributed by atoms with E-state index in [2.05, 4.69) is 13.8 Å². The molecule has 0 saturated heterocycles. The molecule has 0 atom stereocenters. The van der Waals surface area contributed by atoms with Crippen LogP contribution in [0.5, 0.6) is 0 Å². The van der Waals surface area contributed by atoms with Crippen molar-refractivity contribution in [3.63, 3.8) is 0 Å². The predicted molar refractivity (Wildman–Crippen MR) is 35.6 cm³/mol. The van der Waals surface area contributed by atoms with Crippen LogP contribution in [-0.2, 0) is 0 Å². The fraction of sp³-hybridized carbons (Fsp3) is 1.00. The summed E-state index contributed by atoms with van der Waals surface area (Å²) in [4.78, 5) is 0. The first kappa shape index (κ1) is 30.0. The first-order chi connectivity index (χ1) is 2.91. The number of unbranched alkanes of at least 4 members (excludes halogenated alkanes) is 3. The molecule has 0 nitrogen and oxygen atoms in total. The van der Waals surface area contributed by atoms with Gasteiger partial charge in [-0.15, -0.1) is 0 Å². The Kier molecular flexibility index (Phi) is 94.0.